The molecule has 2 aromatic rings. The molecular weight excluding hydrogens is 220 g/mol. The van der Waals surface area contributed by atoms with E-state index in [0.717, 1.165) is 11.4 Å². The third-order valence-corrected chi connectivity index (χ3v) is 2.19. The summed E-state index contributed by atoms with van der Waals surface area (Å²) in [7, 11) is 0. The van der Waals surface area contributed by atoms with Crippen molar-refractivity contribution in [3.63, 3.8) is 0 Å². The molecule has 6 heteroatoms. The van der Waals surface area contributed by atoms with Crippen molar-refractivity contribution in [2.45, 2.75) is 13.8 Å². The molecule has 17 heavy (non-hydrogen) atoms. The van der Waals surface area contributed by atoms with Gasteiger partial charge in [-0.25, -0.2) is 9.48 Å². The van der Waals surface area contributed by atoms with Crippen molar-refractivity contribution in [2.75, 3.05) is 6.61 Å². The van der Waals surface area contributed by atoms with Gasteiger partial charge in [-0.15, -0.1) is 0 Å². The molecule has 0 N–H and O–H groups in total. The lowest BCUT2D eigenvalue weighted by Crippen LogP contribution is -2.07. The monoisotopic (exact) mass is 232 g/mol. The molecule has 0 fully saturated rings. The van der Waals surface area contributed by atoms with E-state index in [1.165, 1.54) is 0 Å². The maximum absolute atomic E-state index is 11.5. The number of rotatable bonds is 3. The van der Waals surface area contributed by atoms with Gasteiger partial charge >= 0.3 is 5.97 Å². The predicted molar refractivity (Wildman–Crippen MR) is 59.8 cm³/mol. The zero-order valence-electron chi connectivity index (χ0n) is 9.62. The molecule has 0 aliphatic heterocycles. The van der Waals surface area contributed by atoms with E-state index in [2.05, 4.69) is 15.3 Å². The Morgan fingerprint density at radius 1 is 1.47 bits per heavy atom. The highest BCUT2D eigenvalue weighted by atomic mass is 16.5. The third-order valence-electron chi connectivity index (χ3n) is 2.19. The van der Waals surface area contributed by atoms with Crippen molar-refractivity contribution in [3.05, 3.63) is 35.9 Å². The highest BCUT2D eigenvalue weighted by Gasteiger charge is 2.13. The first-order valence-corrected chi connectivity index (χ1v) is 5.23. The van der Waals surface area contributed by atoms with Gasteiger partial charge in [-0.05, 0) is 26.0 Å². The number of carbonyl (C=O) groups excluding carboxylic acids is 1. The lowest BCUT2D eigenvalue weighted by atomic mass is 10.3. The van der Waals surface area contributed by atoms with Gasteiger partial charge in [0.25, 0.3) is 0 Å². The summed E-state index contributed by atoms with van der Waals surface area (Å²) in [5, 5.41) is 11.6. The van der Waals surface area contributed by atoms with Crippen molar-refractivity contribution < 1.29 is 9.53 Å². The molecule has 0 bridgehead atoms. The summed E-state index contributed by atoms with van der Waals surface area (Å²) in [5.41, 5.74) is 1.88. The second-order valence-electron chi connectivity index (χ2n) is 3.40. The quantitative estimate of drug-likeness (QED) is 0.742. The molecule has 0 aliphatic rings. The normalized spacial score (nSPS) is 10.2. The maximum atomic E-state index is 11.5. The van der Waals surface area contributed by atoms with Crippen LogP contribution in [0.25, 0.3) is 5.69 Å². The van der Waals surface area contributed by atoms with Crippen LogP contribution in [0.4, 0.5) is 0 Å². The highest BCUT2D eigenvalue weighted by molar-refractivity contribution is 5.87. The lowest BCUT2D eigenvalue weighted by molar-refractivity contribution is 0.0519. The van der Waals surface area contributed by atoms with E-state index < -0.39 is 5.97 Å². The Hall–Kier alpha value is -2.24. The molecule has 0 unspecified atom stereocenters. The Bertz CT molecular complexity index is 522. The van der Waals surface area contributed by atoms with Crippen molar-refractivity contribution in [2.24, 2.45) is 0 Å². The number of nitrogens with zero attached hydrogens (tertiary/aromatic N) is 4. The van der Waals surface area contributed by atoms with Gasteiger partial charge in [0.15, 0.2) is 5.69 Å². The molecule has 0 atom stereocenters. The third kappa shape index (κ3) is 2.30. The largest absolute Gasteiger partial charge is 0.461 e. The van der Waals surface area contributed by atoms with E-state index in [-0.39, 0.29) is 0 Å². The average Bonchev–Trinajstić information content (AvgIpc) is 2.73. The maximum Gasteiger partial charge on any atom is 0.358 e. The van der Waals surface area contributed by atoms with E-state index in [0.29, 0.717) is 12.3 Å². The molecule has 0 radical (unpaired) electrons. The first kappa shape index (κ1) is 11.3. The van der Waals surface area contributed by atoms with Crippen molar-refractivity contribution in [1.29, 1.82) is 0 Å². The molecule has 0 amide bonds. The Morgan fingerprint density at radius 3 is 2.94 bits per heavy atom. The summed E-state index contributed by atoms with van der Waals surface area (Å²) in [4.78, 5) is 11.5. The first-order chi connectivity index (χ1) is 8.22. The predicted octanol–water partition coefficient (Wildman–Crippen LogP) is 1.15. The van der Waals surface area contributed by atoms with Crippen LogP contribution in [-0.2, 0) is 4.74 Å². The molecule has 0 saturated carbocycles. The van der Waals surface area contributed by atoms with Crippen LogP contribution in [0.2, 0.25) is 0 Å². The second kappa shape index (κ2) is 4.73. The van der Waals surface area contributed by atoms with Gasteiger partial charge in [0, 0.05) is 5.69 Å². The van der Waals surface area contributed by atoms with E-state index in [1.54, 1.807) is 36.1 Å². The first-order valence-electron chi connectivity index (χ1n) is 5.23. The summed E-state index contributed by atoms with van der Waals surface area (Å²) < 4.78 is 6.52. The number of aromatic nitrogens is 4. The van der Waals surface area contributed by atoms with Gasteiger partial charge in [0.2, 0.25) is 0 Å². The highest BCUT2D eigenvalue weighted by Crippen LogP contribution is 2.10. The smallest absolute Gasteiger partial charge is 0.358 e. The lowest BCUT2D eigenvalue weighted by Gasteiger charge is -2.01. The number of hydrogen-bond acceptors (Lipinski definition) is 5. The zero-order chi connectivity index (χ0) is 12.3. The number of esters is 1. The Balaban J connectivity index is 2.35. The van der Waals surface area contributed by atoms with Crippen LogP contribution in [0.3, 0.4) is 0 Å². The summed E-state index contributed by atoms with van der Waals surface area (Å²) in [5.74, 6) is -0.420. The van der Waals surface area contributed by atoms with Gasteiger partial charge < -0.3 is 4.74 Å². The molecule has 0 aromatic carbocycles. The van der Waals surface area contributed by atoms with Crippen LogP contribution in [0, 0.1) is 6.92 Å². The summed E-state index contributed by atoms with van der Waals surface area (Å²) >= 11 is 0. The molecule has 0 aliphatic carbocycles. The van der Waals surface area contributed by atoms with Crippen molar-refractivity contribution >= 4 is 5.97 Å². The summed E-state index contributed by atoms with van der Waals surface area (Å²) in [6.45, 7) is 3.95. The van der Waals surface area contributed by atoms with Crippen LogP contribution in [0.1, 0.15) is 23.1 Å². The molecule has 2 aromatic heterocycles. The van der Waals surface area contributed by atoms with Gasteiger partial charge in [0.1, 0.15) is 0 Å². The number of ether oxygens (including phenoxy) is 1. The van der Waals surface area contributed by atoms with Gasteiger partial charge in [-0.1, -0.05) is 0 Å². The molecule has 88 valence electrons. The number of hydrogen-bond donors (Lipinski definition) is 0. The molecule has 0 spiro atoms. The van der Waals surface area contributed by atoms with Crippen LogP contribution in [0.5, 0.6) is 0 Å². The Kier molecular flexibility index (Phi) is 3.13. The van der Waals surface area contributed by atoms with E-state index in [4.69, 9.17) is 4.74 Å². The second-order valence-corrected chi connectivity index (χ2v) is 3.40. The minimum absolute atomic E-state index is 0.293. The fourth-order valence-corrected chi connectivity index (χ4v) is 1.45. The van der Waals surface area contributed by atoms with Crippen LogP contribution in [0.15, 0.2) is 24.5 Å². The van der Waals surface area contributed by atoms with Crippen molar-refractivity contribution in [3.8, 4) is 5.69 Å². The van der Waals surface area contributed by atoms with E-state index >= 15 is 0 Å². The summed E-state index contributed by atoms with van der Waals surface area (Å²) in [6, 6.07) is 3.44. The Morgan fingerprint density at radius 2 is 2.29 bits per heavy atom. The fraction of sp³-hybridized carbons (Fsp3) is 0.273. The molecular formula is C11H12N4O2. The molecule has 2 rings (SSSR count). The zero-order valence-corrected chi connectivity index (χ0v) is 9.62. The number of carbonyl (C=O) groups is 1. The van der Waals surface area contributed by atoms with Crippen LogP contribution < -0.4 is 0 Å². The van der Waals surface area contributed by atoms with Gasteiger partial charge in [-0.2, -0.15) is 15.3 Å². The standard InChI is InChI=1S/C11H12N4O2/c1-3-17-11(16)10-6-8(2)15(14-10)9-4-5-12-13-7-9/h4-7H,3H2,1-2H3. The van der Waals surface area contributed by atoms with Gasteiger partial charge in [0.05, 0.1) is 24.7 Å². The average molecular weight is 232 g/mol. The van der Waals surface area contributed by atoms with E-state index in [1.807, 2.05) is 6.92 Å². The minimum atomic E-state index is -0.420. The Labute approximate surface area is 98.2 Å². The van der Waals surface area contributed by atoms with Crippen LogP contribution in [-0.4, -0.2) is 32.6 Å². The van der Waals surface area contributed by atoms with Crippen LogP contribution >= 0.6 is 0 Å². The molecule has 2 heterocycles. The topological polar surface area (TPSA) is 69.9 Å². The fourth-order valence-electron chi connectivity index (χ4n) is 1.45. The van der Waals surface area contributed by atoms with Crippen molar-refractivity contribution in [1.82, 2.24) is 20.0 Å². The van der Waals surface area contributed by atoms with Gasteiger partial charge in [-0.3, -0.25) is 0 Å². The number of aryl methyl sites for hydroxylation is 1. The SMILES string of the molecule is CCOC(=O)c1cc(C)n(-c2ccnnc2)n1. The summed E-state index contributed by atoms with van der Waals surface area (Å²) in [6.07, 6.45) is 3.15. The van der Waals surface area contributed by atoms with E-state index in [9.17, 15) is 4.79 Å². The minimum Gasteiger partial charge on any atom is -0.461 e. The molecule has 6 nitrogen and oxygen atoms in total. The molecule has 0 saturated heterocycles.